The van der Waals surface area contributed by atoms with Crippen LogP contribution in [-0.4, -0.2) is 6.11 Å². The molecule has 1 aliphatic rings. The van der Waals surface area contributed by atoms with Crippen molar-refractivity contribution >= 4 is 0 Å². The van der Waals surface area contributed by atoms with Crippen LogP contribution in [0, 0.1) is 30.3 Å². The van der Waals surface area contributed by atoms with Gasteiger partial charge in [-0.2, -0.15) is 30.7 Å². The topological polar surface area (TPSA) is 27.7 Å². The first kappa shape index (κ1) is 33.0. The molecule has 44 heavy (non-hydrogen) atoms. The van der Waals surface area contributed by atoms with Crippen molar-refractivity contribution in [3.8, 4) is 17.2 Å². The van der Waals surface area contributed by atoms with Crippen LogP contribution < -0.4 is 14.2 Å². The fourth-order valence-corrected chi connectivity index (χ4v) is 5.04. The maximum atomic E-state index is 14.6. The van der Waals surface area contributed by atoms with Gasteiger partial charge >= 0.3 is 24.3 Å². The highest BCUT2D eigenvalue weighted by molar-refractivity contribution is 5.37. The van der Waals surface area contributed by atoms with Gasteiger partial charge in [-0.05, 0) is 68.6 Å². The number of benzene rings is 3. The molecular formula is C31H26F10O3. The second kappa shape index (κ2) is 13.4. The lowest BCUT2D eigenvalue weighted by molar-refractivity contribution is -0.188. The highest BCUT2D eigenvalue weighted by atomic mass is 19.3. The molecule has 0 bridgehead atoms. The van der Waals surface area contributed by atoms with Gasteiger partial charge in [-0.1, -0.05) is 29.8 Å². The van der Waals surface area contributed by atoms with Gasteiger partial charge in [0, 0.05) is 18.2 Å². The van der Waals surface area contributed by atoms with E-state index < -0.39 is 71.0 Å². The minimum Gasteiger partial charge on any atom is -0.432 e. The first-order chi connectivity index (χ1) is 20.6. The Bertz CT molecular complexity index is 1460. The van der Waals surface area contributed by atoms with Crippen molar-refractivity contribution in [1.29, 1.82) is 0 Å². The third-order valence-electron chi connectivity index (χ3n) is 7.32. The third-order valence-corrected chi connectivity index (χ3v) is 7.32. The lowest BCUT2D eigenvalue weighted by atomic mass is 9.77. The van der Waals surface area contributed by atoms with E-state index in [0.717, 1.165) is 31.2 Å². The van der Waals surface area contributed by atoms with Crippen molar-refractivity contribution in [2.75, 3.05) is 0 Å². The summed E-state index contributed by atoms with van der Waals surface area (Å²) in [5, 5.41) is 0. The van der Waals surface area contributed by atoms with Crippen LogP contribution in [0.4, 0.5) is 43.9 Å². The van der Waals surface area contributed by atoms with Gasteiger partial charge in [-0.3, -0.25) is 0 Å². The highest BCUT2D eigenvalue weighted by Gasteiger charge is 2.39. The molecule has 1 aliphatic carbocycles. The molecule has 0 saturated heterocycles. The van der Waals surface area contributed by atoms with E-state index in [4.69, 9.17) is 0 Å². The van der Waals surface area contributed by atoms with E-state index in [1.54, 1.807) is 0 Å². The summed E-state index contributed by atoms with van der Waals surface area (Å²) in [5.41, 5.74) is 0.874. The summed E-state index contributed by atoms with van der Waals surface area (Å²) in [5.74, 6) is -8.78. The molecule has 3 nitrogen and oxygen atoms in total. The quantitative estimate of drug-likeness (QED) is 0.155. The van der Waals surface area contributed by atoms with Crippen LogP contribution in [-0.2, 0) is 6.11 Å². The monoisotopic (exact) mass is 636 g/mol. The zero-order valence-electron chi connectivity index (χ0n) is 23.1. The number of aryl methyl sites for hydroxylation is 1. The summed E-state index contributed by atoms with van der Waals surface area (Å²) in [6.07, 6.45) is -8.68. The van der Waals surface area contributed by atoms with Crippen molar-refractivity contribution in [3.05, 3.63) is 101 Å². The zero-order valence-corrected chi connectivity index (χ0v) is 23.1. The fourth-order valence-electron chi connectivity index (χ4n) is 5.04. The molecule has 0 amide bonds. The molecule has 0 aliphatic heterocycles. The molecule has 0 radical (unpaired) electrons. The Labute approximate surface area is 246 Å². The Kier molecular flexibility index (Phi) is 10.0. The summed E-state index contributed by atoms with van der Waals surface area (Å²) in [4.78, 5) is 0. The Morgan fingerprint density at radius 1 is 0.750 bits per heavy atom. The number of alkyl halides is 4. The molecule has 0 spiro atoms. The average Bonchev–Trinajstić information content (AvgIpc) is 2.94. The number of hydrogen-bond acceptors (Lipinski definition) is 3. The lowest BCUT2D eigenvalue weighted by Crippen LogP contribution is -2.27. The second-order valence-electron chi connectivity index (χ2n) is 10.5. The van der Waals surface area contributed by atoms with Crippen LogP contribution in [0.5, 0.6) is 17.2 Å². The minimum absolute atomic E-state index is 0.0387. The molecule has 3 aromatic rings. The predicted molar refractivity (Wildman–Crippen MR) is 139 cm³/mol. The Hall–Kier alpha value is -3.90. The summed E-state index contributed by atoms with van der Waals surface area (Å²) in [6, 6.07) is 7.02. The summed E-state index contributed by atoms with van der Waals surface area (Å²) in [6.45, 7) is 2.00. The largest absolute Gasteiger partial charge is 0.432 e. The molecule has 0 N–H and O–H groups in total. The highest BCUT2D eigenvalue weighted by Crippen LogP contribution is 2.41. The van der Waals surface area contributed by atoms with Gasteiger partial charge in [0.2, 0.25) is 5.75 Å². The number of halogens is 10. The first-order valence-electron chi connectivity index (χ1n) is 13.5. The van der Waals surface area contributed by atoms with Crippen LogP contribution in [0.25, 0.3) is 0 Å². The predicted octanol–water partition coefficient (Wildman–Crippen LogP) is 10.7. The summed E-state index contributed by atoms with van der Waals surface area (Å²) >= 11 is 0. The van der Waals surface area contributed by atoms with Crippen molar-refractivity contribution in [1.82, 2.24) is 0 Å². The Morgan fingerprint density at radius 2 is 1.34 bits per heavy atom. The zero-order chi connectivity index (χ0) is 32.2. The summed E-state index contributed by atoms with van der Waals surface area (Å²) in [7, 11) is 0. The molecule has 4 rings (SSSR count). The lowest BCUT2D eigenvalue weighted by Gasteiger charge is -2.30. The number of hydrogen-bond donors (Lipinski definition) is 0. The standard InChI is InChI=1S/C31H26F10O3/c1-17-2-6-19(7-3-17)20-8-4-18(5-9-20)12-13-30(38,39)43-21-10-11-23(24(32)14-21)31(40,41)44-22-15-25(33)27(26(34)16-22)42-29(37)28(35)36/h2-3,6-7,10-11,14-16,18,20H,4-5,8-9,12-13H2,1H3. The van der Waals surface area contributed by atoms with Gasteiger partial charge in [0.25, 0.3) is 0 Å². The first-order valence-corrected chi connectivity index (χ1v) is 13.5. The third kappa shape index (κ3) is 8.38. The van der Waals surface area contributed by atoms with Crippen molar-refractivity contribution in [2.45, 2.75) is 63.6 Å². The Balaban J connectivity index is 1.34. The van der Waals surface area contributed by atoms with Gasteiger partial charge in [0.05, 0.1) is 6.42 Å². The molecule has 238 valence electrons. The van der Waals surface area contributed by atoms with Crippen LogP contribution >= 0.6 is 0 Å². The van der Waals surface area contributed by atoms with E-state index in [0.29, 0.717) is 18.1 Å². The van der Waals surface area contributed by atoms with E-state index in [-0.39, 0.29) is 30.5 Å². The van der Waals surface area contributed by atoms with Crippen LogP contribution in [0.15, 0.2) is 66.7 Å². The van der Waals surface area contributed by atoms with Gasteiger partial charge in [-0.25, -0.2) is 13.2 Å². The van der Waals surface area contributed by atoms with E-state index in [9.17, 15) is 43.9 Å². The molecule has 1 fully saturated rings. The van der Waals surface area contributed by atoms with Crippen LogP contribution in [0.1, 0.15) is 61.1 Å². The van der Waals surface area contributed by atoms with Crippen LogP contribution in [0.2, 0.25) is 0 Å². The molecule has 0 aromatic heterocycles. The van der Waals surface area contributed by atoms with E-state index >= 15 is 0 Å². The second-order valence-corrected chi connectivity index (χ2v) is 10.5. The molecule has 0 unspecified atom stereocenters. The van der Waals surface area contributed by atoms with Gasteiger partial charge in [0.1, 0.15) is 22.9 Å². The molecule has 0 heterocycles. The van der Waals surface area contributed by atoms with E-state index in [2.05, 4.69) is 26.3 Å². The molecule has 1 saturated carbocycles. The average molecular weight is 637 g/mol. The minimum atomic E-state index is -4.60. The maximum Gasteiger partial charge on any atom is 0.429 e. The Morgan fingerprint density at radius 3 is 1.91 bits per heavy atom. The van der Waals surface area contributed by atoms with Crippen molar-refractivity contribution < 1.29 is 58.1 Å². The molecule has 3 aromatic carbocycles. The molecule has 13 heteroatoms. The fraction of sp³-hybridized carbons (Fsp3) is 0.355. The van der Waals surface area contributed by atoms with Crippen LogP contribution in [0.3, 0.4) is 0 Å². The smallest absolute Gasteiger partial charge is 0.429 e. The normalized spacial score (nSPS) is 17.2. The summed E-state index contributed by atoms with van der Waals surface area (Å²) < 4.78 is 151. The van der Waals surface area contributed by atoms with E-state index in [1.165, 1.54) is 5.56 Å². The molecular weight excluding hydrogens is 610 g/mol. The number of rotatable bonds is 11. The van der Waals surface area contributed by atoms with Gasteiger partial charge in [0.15, 0.2) is 11.6 Å². The molecule has 0 atom stereocenters. The van der Waals surface area contributed by atoms with Gasteiger partial charge < -0.3 is 14.2 Å². The SMILES string of the molecule is Cc1ccc(C2CCC(CCC(F)(F)Oc3ccc(C(F)(F)Oc4cc(F)c(OC(F)=C(F)F)c(F)c4)c(F)c3)CC2)cc1. The van der Waals surface area contributed by atoms with Gasteiger partial charge in [-0.15, -0.1) is 0 Å². The maximum absolute atomic E-state index is 14.6. The van der Waals surface area contributed by atoms with Crippen molar-refractivity contribution in [2.24, 2.45) is 5.92 Å². The van der Waals surface area contributed by atoms with E-state index in [1.807, 2.05) is 19.1 Å². The number of ether oxygens (including phenoxy) is 3. The van der Waals surface area contributed by atoms with Crippen molar-refractivity contribution in [3.63, 3.8) is 0 Å².